The molecule has 0 aromatic heterocycles. The highest BCUT2D eigenvalue weighted by molar-refractivity contribution is 5.90. The van der Waals surface area contributed by atoms with Crippen molar-refractivity contribution in [3.05, 3.63) is 12.2 Å². The summed E-state index contributed by atoms with van der Waals surface area (Å²) in [6, 6.07) is 0. The van der Waals surface area contributed by atoms with Gasteiger partial charge in [-0.25, -0.2) is 4.79 Å². The molecule has 2 heteroatoms. The molecule has 0 aromatic rings. The van der Waals surface area contributed by atoms with Crippen LogP contribution in [0.5, 0.6) is 0 Å². The second kappa shape index (κ2) is 4.45. The number of esters is 1. The topological polar surface area (TPSA) is 26.3 Å². The Labute approximate surface area is 80.0 Å². The van der Waals surface area contributed by atoms with Crippen molar-refractivity contribution in [2.45, 2.75) is 45.6 Å². The summed E-state index contributed by atoms with van der Waals surface area (Å²) in [6.07, 6.45) is 4.32. The molecule has 1 fully saturated rings. The van der Waals surface area contributed by atoms with Crippen LogP contribution in [-0.2, 0) is 9.53 Å². The van der Waals surface area contributed by atoms with Gasteiger partial charge >= 0.3 is 5.97 Å². The third-order valence-corrected chi connectivity index (χ3v) is 2.70. The first-order chi connectivity index (χ1) is 6.20. The first kappa shape index (κ1) is 10.3. The molecule has 0 amide bonds. The Balaban J connectivity index is 2.54. The van der Waals surface area contributed by atoms with Crippen molar-refractivity contribution < 1.29 is 9.53 Å². The Hall–Kier alpha value is -0.790. The van der Waals surface area contributed by atoms with Gasteiger partial charge in [0, 0.05) is 11.5 Å². The van der Waals surface area contributed by atoms with E-state index in [1.165, 1.54) is 0 Å². The number of hydrogen-bond acceptors (Lipinski definition) is 2. The van der Waals surface area contributed by atoms with E-state index in [1.54, 1.807) is 0 Å². The summed E-state index contributed by atoms with van der Waals surface area (Å²) in [5.74, 6) is 0.0759. The summed E-state index contributed by atoms with van der Waals surface area (Å²) in [5, 5.41) is 0. The predicted molar refractivity (Wildman–Crippen MR) is 52.3 cm³/mol. The number of carbonyl (C=O) groups is 1. The highest BCUT2D eigenvalue weighted by Gasteiger charge is 2.36. The van der Waals surface area contributed by atoms with Crippen molar-refractivity contribution in [1.29, 1.82) is 0 Å². The minimum Gasteiger partial charge on any atom is -0.458 e. The predicted octanol–water partition coefficient (Wildman–Crippen LogP) is 2.68. The zero-order chi connectivity index (χ0) is 9.84. The van der Waals surface area contributed by atoms with Crippen LogP contribution >= 0.6 is 0 Å². The van der Waals surface area contributed by atoms with Crippen LogP contribution in [0.3, 0.4) is 0 Å². The number of ether oxygens (including phenoxy) is 1. The molecule has 1 rings (SSSR count). The first-order valence-corrected chi connectivity index (χ1v) is 5.10. The lowest BCUT2D eigenvalue weighted by molar-refractivity contribution is -0.139. The molecule has 13 heavy (non-hydrogen) atoms. The van der Waals surface area contributed by atoms with E-state index >= 15 is 0 Å². The van der Waals surface area contributed by atoms with Gasteiger partial charge in [-0.1, -0.05) is 33.3 Å². The molecule has 0 aromatic carbocycles. The average molecular weight is 182 g/mol. The van der Waals surface area contributed by atoms with Crippen LogP contribution in [-0.4, -0.2) is 12.1 Å². The Morgan fingerprint density at radius 2 is 2.15 bits per heavy atom. The standard InChI is InChI=1S/C11H18O2/c1-4-6-7-10-9(5-2)8(3)11(12)13-10/h9-10H,3-7H2,1-2H3/t9-,10-/m1/s1. The average Bonchev–Trinajstić information content (AvgIpc) is 2.39. The van der Waals surface area contributed by atoms with Gasteiger partial charge in [0.15, 0.2) is 0 Å². The van der Waals surface area contributed by atoms with Crippen LogP contribution in [0.1, 0.15) is 39.5 Å². The molecule has 0 radical (unpaired) electrons. The molecule has 0 saturated carbocycles. The molecule has 0 spiro atoms. The lowest BCUT2D eigenvalue weighted by Gasteiger charge is -2.14. The molecule has 1 saturated heterocycles. The van der Waals surface area contributed by atoms with Gasteiger partial charge in [0.1, 0.15) is 6.10 Å². The van der Waals surface area contributed by atoms with Crippen LogP contribution in [0.25, 0.3) is 0 Å². The molecule has 0 unspecified atom stereocenters. The SMILES string of the molecule is C=C1C(=O)O[C@H](CCCC)[C@@H]1CC. The normalized spacial score (nSPS) is 27.8. The summed E-state index contributed by atoms with van der Waals surface area (Å²) < 4.78 is 5.24. The Morgan fingerprint density at radius 3 is 2.69 bits per heavy atom. The largest absolute Gasteiger partial charge is 0.458 e. The van der Waals surface area contributed by atoms with Gasteiger partial charge in [-0.05, 0) is 12.8 Å². The van der Waals surface area contributed by atoms with Crippen LogP contribution < -0.4 is 0 Å². The summed E-state index contributed by atoms with van der Waals surface area (Å²) in [4.78, 5) is 11.2. The summed E-state index contributed by atoms with van der Waals surface area (Å²) in [6.45, 7) is 8.00. The zero-order valence-electron chi connectivity index (χ0n) is 8.51. The van der Waals surface area contributed by atoms with E-state index in [-0.39, 0.29) is 18.0 Å². The summed E-state index contributed by atoms with van der Waals surface area (Å²) in [5.41, 5.74) is 0.670. The van der Waals surface area contributed by atoms with Crippen molar-refractivity contribution in [2.75, 3.05) is 0 Å². The minimum absolute atomic E-state index is 0.102. The summed E-state index contributed by atoms with van der Waals surface area (Å²) in [7, 11) is 0. The lowest BCUT2D eigenvalue weighted by atomic mass is 9.92. The smallest absolute Gasteiger partial charge is 0.334 e. The molecular weight excluding hydrogens is 164 g/mol. The second-order valence-electron chi connectivity index (χ2n) is 3.63. The van der Waals surface area contributed by atoms with Crippen LogP contribution in [0.2, 0.25) is 0 Å². The molecule has 0 bridgehead atoms. The molecule has 2 nitrogen and oxygen atoms in total. The maximum Gasteiger partial charge on any atom is 0.334 e. The highest BCUT2D eigenvalue weighted by atomic mass is 16.6. The Bertz CT molecular complexity index is 208. The fourth-order valence-corrected chi connectivity index (χ4v) is 1.85. The number of cyclic esters (lactones) is 1. The van der Waals surface area contributed by atoms with Gasteiger partial charge in [-0.15, -0.1) is 0 Å². The number of hydrogen-bond donors (Lipinski definition) is 0. The van der Waals surface area contributed by atoms with Gasteiger partial charge in [-0.3, -0.25) is 0 Å². The monoisotopic (exact) mass is 182 g/mol. The lowest BCUT2D eigenvalue weighted by Crippen LogP contribution is -2.15. The van der Waals surface area contributed by atoms with E-state index in [2.05, 4.69) is 20.4 Å². The highest BCUT2D eigenvalue weighted by Crippen LogP contribution is 2.31. The zero-order valence-corrected chi connectivity index (χ0v) is 8.51. The molecule has 1 aliphatic rings. The van der Waals surface area contributed by atoms with Gasteiger partial charge in [-0.2, -0.15) is 0 Å². The van der Waals surface area contributed by atoms with E-state index in [4.69, 9.17) is 4.74 Å². The van der Waals surface area contributed by atoms with Crippen LogP contribution in [0.15, 0.2) is 12.2 Å². The third kappa shape index (κ3) is 2.11. The van der Waals surface area contributed by atoms with Crippen molar-refractivity contribution in [2.24, 2.45) is 5.92 Å². The second-order valence-corrected chi connectivity index (χ2v) is 3.63. The Kier molecular flexibility index (Phi) is 3.52. The molecule has 0 N–H and O–H groups in total. The van der Waals surface area contributed by atoms with Crippen molar-refractivity contribution in [3.8, 4) is 0 Å². The van der Waals surface area contributed by atoms with E-state index in [1.807, 2.05) is 0 Å². The maximum absolute atomic E-state index is 11.2. The molecule has 0 aliphatic carbocycles. The third-order valence-electron chi connectivity index (χ3n) is 2.70. The maximum atomic E-state index is 11.2. The summed E-state index contributed by atoms with van der Waals surface area (Å²) >= 11 is 0. The van der Waals surface area contributed by atoms with E-state index < -0.39 is 0 Å². The molecular formula is C11H18O2. The quantitative estimate of drug-likeness (QED) is 0.493. The van der Waals surface area contributed by atoms with E-state index in [0.29, 0.717) is 5.57 Å². The van der Waals surface area contributed by atoms with E-state index in [9.17, 15) is 4.79 Å². The number of carbonyl (C=O) groups excluding carboxylic acids is 1. The van der Waals surface area contributed by atoms with E-state index in [0.717, 1.165) is 25.7 Å². The molecule has 2 atom stereocenters. The molecule has 1 aliphatic heterocycles. The van der Waals surface area contributed by atoms with Crippen molar-refractivity contribution in [1.82, 2.24) is 0 Å². The van der Waals surface area contributed by atoms with Crippen LogP contribution in [0.4, 0.5) is 0 Å². The van der Waals surface area contributed by atoms with Crippen LogP contribution in [0, 0.1) is 5.92 Å². The van der Waals surface area contributed by atoms with Crippen molar-refractivity contribution >= 4 is 5.97 Å². The fraction of sp³-hybridized carbons (Fsp3) is 0.727. The van der Waals surface area contributed by atoms with Gasteiger partial charge in [0.05, 0.1) is 0 Å². The number of rotatable bonds is 4. The Morgan fingerprint density at radius 1 is 1.46 bits per heavy atom. The molecule has 1 heterocycles. The van der Waals surface area contributed by atoms with Gasteiger partial charge in [0.2, 0.25) is 0 Å². The fourth-order valence-electron chi connectivity index (χ4n) is 1.85. The number of unbranched alkanes of at least 4 members (excludes halogenated alkanes) is 1. The van der Waals surface area contributed by atoms with Gasteiger partial charge < -0.3 is 4.74 Å². The molecule has 74 valence electrons. The van der Waals surface area contributed by atoms with Gasteiger partial charge in [0.25, 0.3) is 0 Å². The first-order valence-electron chi connectivity index (χ1n) is 5.10. The minimum atomic E-state index is -0.187. The van der Waals surface area contributed by atoms with Crippen molar-refractivity contribution in [3.63, 3.8) is 0 Å².